The summed E-state index contributed by atoms with van der Waals surface area (Å²) in [6, 6.07) is 0. The first kappa shape index (κ1) is 22.1. The van der Waals surface area contributed by atoms with Crippen LogP contribution in [0.4, 0.5) is 0 Å². The Morgan fingerprint density at radius 2 is 1.88 bits per heavy atom. The molecular weight excluding hydrogens is 412 g/mol. The van der Waals surface area contributed by atoms with Crippen LogP contribution in [0, 0.1) is 28.6 Å². The molecule has 5 aliphatic rings. The third kappa shape index (κ3) is 2.76. The van der Waals surface area contributed by atoms with Crippen LogP contribution in [0.25, 0.3) is 0 Å². The lowest BCUT2D eigenvalue weighted by Crippen LogP contribution is -2.69. The van der Waals surface area contributed by atoms with Crippen molar-refractivity contribution in [2.75, 3.05) is 6.61 Å². The maximum atomic E-state index is 12.7. The maximum absolute atomic E-state index is 12.7. The van der Waals surface area contributed by atoms with Gasteiger partial charge in [-0.05, 0) is 74.7 Å². The van der Waals surface area contributed by atoms with Crippen molar-refractivity contribution in [3.05, 3.63) is 11.6 Å². The number of hydrogen-bond donors (Lipinski definition) is 2. The lowest BCUT2D eigenvalue weighted by atomic mass is 9.41. The number of aldehydes is 1. The summed E-state index contributed by atoms with van der Waals surface area (Å²) in [7, 11) is 0. The van der Waals surface area contributed by atoms with Gasteiger partial charge in [0.15, 0.2) is 0 Å². The molecule has 8 atom stereocenters. The molecule has 0 spiro atoms. The van der Waals surface area contributed by atoms with E-state index in [0.717, 1.165) is 31.1 Å². The van der Waals surface area contributed by atoms with Crippen molar-refractivity contribution in [2.45, 2.75) is 88.9 Å². The molecule has 0 saturated heterocycles. The monoisotopic (exact) mass is 446 g/mol. The van der Waals surface area contributed by atoms with E-state index < -0.39 is 16.6 Å². The number of rotatable bonds is 3. The molecule has 0 aromatic heterocycles. The summed E-state index contributed by atoms with van der Waals surface area (Å²) in [5.41, 5.74) is -2.50. The first-order chi connectivity index (χ1) is 15.1. The number of carbonyl (C=O) groups excluding carboxylic acids is 3. The van der Waals surface area contributed by atoms with Gasteiger partial charge in [-0.2, -0.15) is 0 Å². The highest BCUT2D eigenvalue weighted by Gasteiger charge is 2.71. The molecule has 7 nitrogen and oxygen atoms in total. The smallest absolute Gasteiger partial charge is 0.331 e. The lowest BCUT2D eigenvalue weighted by molar-refractivity contribution is -0.249. The average molecular weight is 447 g/mol. The molecule has 2 N–H and O–H groups in total. The van der Waals surface area contributed by atoms with Crippen LogP contribution in [-0.2, 0) is 23.9 Å². The standard InChI is InChI=1S/C25H34O7/c1-15(27)32-17-3-8-23(14-26)19-4-7-22(2)18(16-11-21(28)31-13-16)6-10-25(22,30)20(19)5-9-24(23,29)12-17/h11,14,17-20,29-30H,3-10,12-13H2,1-2H3/t17?,18?,19?,20?,22-,23+,24?,25?/m1/s1. The third-order valence-corrected chi connectivity index (χ3v) is 10.2. The summed E-state index contributed by atoms with van der Waals surface area (Å²) in [5, 5.41) is 23.9. The van der Waals surface area contributed by atoms with Crippen LogP contribution in [0.5, 0.6) is 0 Å². The van der Waals surface area contributed by atoms with Crippen molar-refractivity contribution in [3.63, 3.8) is 0 Å². The SMILES string of the molecule is CC(=O)OC1CC[C@]2(C=O)C3CC[C@]4(C)C(C5=CC(=O)OC5)CCC4(O)C3CCC2(O)C1. The predicted octanol–water partition coefficient (Wildman–Crippen LogP) is 2.47. The van der Waals surface area contributed by atoms with E-state index in [-0.39, 0.29) is 47.6 Å². The van der Waals surface area contributed by atoms with Crippen LogP contribution in [-0.4, -0.2) is 52.4 Å². The van der Waals surface area contributed by atoms with Crippen LogP contribution >= 0.6 is 0 Å². The number of aliphatic hydroxyl groups is 2. The summed E-state index contributed by atoms with van der Waals surface area (Å²) in [4.78, 5) is 35.8. The van der Waals surface area contributed by atoms with E-state index >= 15 is 0 Å². The lowest BCUT2D eigenvalue weighted by Gasteiger charge is -2.65. The molecule has 6 unspecified atom stereocenters. The topological polar surface area (TPSA) is 110 Å². The number of esters is 2. The second-order valence-electron chi connectivity index (χ2n) is 11.2. The van der Waals surface area contributed by atoms with Crippen molar-refractivity contribution in [1.82, 2.24) is 0 Å². The van der Waals surface area contributed by atoms with Gasteiger partial charge in [-0.25, -0.2) is 4.79 Å². The zero-order chi connectivity index (χ0) is 22.9. The van der Waals surface area contributed by atoms with Gasteiger partial charge in [-0.3, -0.25) is 4.79 Å². The van der Waals surface area contributed by atoms with Crippen LogP contribution < -0.4 is 0 Å². The summed E-state index contributed by atoms with van der Waals surface area (Å²) >= 11 is 0. The van der Waals surface area contributed by atoms with Crippen LogP contribution in [0.15, 0.2) is 11.6 Å². The molecule has 0 radical (unpaired) electrons. The minimum absolute atomic E-state index is 0.0828. The van der Waals surface area contributed by atoms with E-state index in [1.807, 2.05) is 0 Å². The fourth-order valence-corrected chi connectivity index (χ4v) is 8.65. The van der Waals surface area contributed by atoms with Gasteiger partial charge in [0.25, 0.3) is 0 Å². The molecule has 7 heteroatoms. The van der Waals surface area contributed by atoms with E-state index in [0.29, 0.717) is 38.7 Å². The largest absolute Gasteiger partial charge is 0.462 e. The molecule has 1 heterocycles. The van der Waals surface area contributed by atoms with Crippen molar-refractivity contribution >= 4 is 18.2 Å². The fraction of sp³-hybridized carbons (Fsp3) is 0.800. The number of hydrogen-bond acceptors (Lipinski definition) is 7. The van der Waals surface area contributed by atoms with Gasteiger partial charge in [0.05, 0.1) is 16.6 Å². The molecule has 32 heavy (non-hydrogen) atoms. The molecule has 0 amide bonds. The second kappa shape index (κ2) is 7.13. The van der Waals surface area contributed by atoms with E-state index in [1.54, 1.807) is 6.08 Å². The maximum Gasteiger partial charge on any atom is 0.331 e. The minimum Gasteiger partial charge on any atom is -0.462 e. The highest BCUT2D eigenvalue weighted by molar-refractivity contribution is 5.85. The Morgan fingerprint density at radius 1 is 1.12 bits per heavy atom. The molecule has 176 valence electrons. The highest BCUT2D eigenvalue weighted by Crippen LogP contribution is 2.70. The van der Waals surface area contributed by atoms with Crippen LogP contribution in [0.3, 0.4) is 0 Å². The normalized spacial score (nSPS) is 49.9. The van der Waals surface area contributed by atoms with Crippen LogP contribution in [0.1, 0.15) is 71.6 Å². The second-order valence-corrected chi connectivity index (χ2v) is 11.2. The van der Waals surface area contributed by atoms with Crippen LogP contribution in [0.2, 0.25) is 0 Å². The third-order valence-electron chi connectivity index (χ3n) is 10.2. The zero-order valence-electron chi connectivity index (χ0n) is 19.0. The highest BCUT2D eigenvalue weighted by atomic mass is 16.5. The quantitative estimate of drug-likeness (QED) is 0.506. The Morgan fingerprint density at radius 3 is 2.53 bits per heavy atom. The molecule has 0 aromatic rings. The van der Waals surface area contributed by atoms with Crippen molar-refractivity contribution < 1.29 is 34.1 Å². The van der Waals surface area contributed by atoms with Crippen molar-refractivity contribution in [1.29, 1.82) is 0 Å². The van der Waals surface area contributed by atoms with Crippen molar-refractivity contribution in [3.8, 4) is 0 Å². The van der Waals surface area contributed by atoms with Gasteiger partial charge in [-0.15, -0.1) is 0 Å². The van der Waals surface area contributed by atoms with E-state index in [4.69, 9.17) is 9.47 Å². The van der Waals surface area contributed by atoms with Gasteiger partial charge < -0.3 is 24.5 Å². The molecule has 4 saturated carbocycles. The van der Waals surface area contributed by atoms with Gasteiger partial charge in [0, 0.05) is 24.8 Å². The Bertz CT molecular complexity index is 882. The molecule has 5 rings (SSSR count). The van der Waals surface area contributed by atoms with Gasteiger partial charge >= 0.3 is 11.9 Å². The Kier molecular flexibility index (Phi) is 4.92. The van der Waals surface area contributed by atoms with Gasteiger partial charge in [0.2, 0.25) is 0 Å². The molecule has 0 aromatic carbocycles. The summed E-state index contributed by atoms with van der Waals surface area (Å²) in [6.07, 6.45) is 7.44. The van der Waals surface area contributed by atoms with E-state index in [9.17, 15) is 24.6 Å². The Balaban J connectivity index is 1.46. The zero-order valence-corrected chi connectivity index (χ0v) is 19.0. The summed E-state index contributed by atoms with van der Waals surface area (Å²) in [6.45, 7) is 3.81. The average Bonchev–Trinajstić information content (AvgIpc) is 3.27. The number of fused-ring (bicyclic) bond motifs is 5. The number of cyclic esters (lactones) is 1. The molecule has 4 fully saturated rings. The minimum atomic E-state index is -1.22. The molecule has 1 aliphatic heterocycles. The Labute approximate surface area is 188 Å². The summed E-state index contributed by atoms with van der Waals surface area (Å²) in [5.74, 6) is -0.772. The molecule has 0 bridgehead atoms. The van der Waals surface area contributed by atoms with Gasteiger partial charge in [-0.1, -0.05) is 6.92 Å². The summed E-state index contributed by atoms with van der Waals surface area (Å²) < 4.78 is 10.6. The molecule has 4 aliphatic carbocycles. The molecular formula is C25H34O7. The first-order valence-corrected chi connectivity index (χ1v) is 12.0. The number of carbonyl (C=O) groups is 3. The van der Waals surface area contributed by atoms with E-state index in [2.05, 4.69) is 6.92 Å². The predicted molar refractivity (Wildman–Crippen MR) is 113 cm³/mol. The van der Waals surface area contributed by atoms with E-state index in [1.165, 1.54) is 6.92 Å². The fourth-order valence-electron chi connectivity index (χ4n) is 8.65. The number of ether oxygens (including phenoxy) is 2. The van der Waals surface area contributed by atoms with Crippen molar-refractivity contribution in [2.24, 2.45) is 28.6 Å². The van der Waals surface area contributed by atoms with Gasteiger partial charge in [0.1, 0.15) is 19.0 Å². The first-order valence-electron chi connectivity index (χ1n) is 12.0. The Hall–Kier alpha value is -1.73.